The summed E-state index contributed by atoms with van der Waals surface area (Å²) in [7, 11) is 1.51. The number of ether oxygens (including phenoxy) is 2. The van der Waals surface area contributed by atoms with Crippen LogP contribution in [0.3, 0.4) is 0 Å². The molecule has 0 bridgehead atoms. The van der Waals surface area contributed by atoms with Gasteiger partial charge in [-0.15, -0.1) is 0 Å². The zero-order valence-electron chi connectivity index (χ0n) is 15.4. The number of aryl methyl sites for hydroxylation is 1. The van der Waals surface area contributed by atoms with Gasteiger partial charge in [0.25, 0.3) is 5.91 Å². The molecule has 1 aromatic heterocycles. The van der Waals surface area contributed by atoms with Gasteiger partial charge in [0.1, 0.15) is 5.56 Å². The fraction of sp³-hybridized carbons (Fsp3) is 0.368. The van der Waals surface area contributed by atoms with Crippen LogP contribution in [0.5, 0.6) is 17.4 Å². The van der Waals surface area contributed by atoms with Crippen LogP contribution in [0.2, 0.25) is 5.02 Å². The van der Waals surface area contributed by atoms with Gasteiger partial charge in [0.2, 0.25) is 5.88 Å². The standard InChI is InChI=1S/C19H24ClN3O3/c1-5-13(6-2)23-14-9-11(3)22-19(17(14)18(21)24)26-15-8-7-12(20)10-16(15)25-4/h7-10,13H,5-6H2,1-4H3,(H2,21,24)(H,22,23). The third kappa shape index (κ3) is 4.58. The maximum Gasteiger partial charge on any atom is 0.256 e. The number of hydrogen-bond donors (Lipinski definition) is 2. The molecule has 0 aliphatic carbocycles. The van der Waals surface area contributed by atoms with Crippen LogP contribution in [0.25, 0.3) is 0 Å². The summed E-state index contributed by atoms with van der Waals surface area (Å²) in [5.41, 5.74) is 7.14. The third-order valence-electron chi connectivity index (χ3n) is 4.04. The van der Waals surface area contributed by atoms with Gasteiger partial charge in [-0.3, -0.25) is 4.79 Å². The van der Waals surface area contributed by atoms with Crippen LogP contribution < -0.4 is 20.5 Å². The van der Waals surface area contributed by atoms with E-state index in [2.05, 4.69) is 24.1 Å². The van der Waals surface area contributed by atoms with Crippen molar-refractivity contribution in [2.75, 3.05) is 12.4 Å². The van der Waals surface area contributed by atoms with E-state index in [4.69, 9.17) is 26.8 Å². The average molecular weight is 378 g/mol. The van der Waals surface area contributed by atoms with Crippen LogP contribution in [0.1, 0.15) is 42.7 Å². The van der Waals surface area contributed by atoms with Gasteiger partial charge in [-0.05, 0) is 38.0 Å². The van der Waals surface area contributed by atoms with Crippen molar-refractivity contribution in [1.82, 2.24) is 4.98 Å². The fourth-order valence-electron chi connectivity index (χ4n) is 2.61. The zero-order valence-corrected chi connectivity index (χ0v) is 16.2. The molecule has 1 aromatic carbocycles. The van der Waals surface area contributed by atoms with E-state index < -0.39 is 5.91 Å². The minimum Gasteiger partial charge on any atom is -0.493 e. The summed E-state index contributed by atoms with van der Waals surface area (Å²) < 4.78 is 11.2. The van der Waals surface area contributed by atoms with Crippen molar-refractivity contribution >= 4 is 23.2 Å². The molecule has 0 aliphatic rings. The molecule has 0 aliphatic heterocycles. The SMILES string of the molecule is CCC(CC)Nc1cc(C)nc(Oc2ccc(Cl)cc2OC)c1C(N)=O. The molecule has 0 saturated carbocycles. The smallest absolute Gasteiger partial charge is 0.256 e. The molecule has 3 N–H and O–H groups in total. The van der Waals surface area contributed by atoms with Crippen molar-refractivity contribution < 1.29 is 14.3 Å². The zero-order chi connectivity index (χ0) is 19.3. The molecule has 2 rings (SSSR count). The normalized spacial score (nSPS) is 10.7. The molecular weight excluding hydrogens is 354 g/mol. The molecular formula is C19H24ClN3O3. The molecule has 0 atom stereocenters. The second-order valence-electron chi connectivity index (χ2n) is 5.91. The van der Waals surface area contributed by atoms with E-state index in [9.17, 15) is 4.79 Å². The van der Waals surface area contributed by atoms with Crippen molar-refractivity contribution in [3.63, 3.8) is 0 Å². The maximum absolute atomic E-state index is 12.1. The molecule has 0 radical (unpaired) electrons. The molecule has 140 valence electrons. The van der Waals surface area contributed by atoms with E-state index in [1.807, 2.05) is 6.92 Å². The van der Waals surface area contributed by atoms with E-state index in [0.29, 0.717) is 27.9 Å². The summed E-state index contributed by atoms with van der Waals surface area (Å²) in [4.78, 5) is 16.5. The van der Waals surface area contributed by atoms with Gasteiger partial charge >= 0.3 is 0 Å². The Bertz CT molecular complexity index is 792. The summed E-state index contributed by atoms with van der Waals surface area (Å²) in [6.07, 6.45) is 1.83. The monoisotopic (exact) mass is 377 g/mol. The Labute approximate surface area is 158 Å². The highest BCUT2D eigenvalue weighted by Gasteiger charge is 2.21. The number of carbonyl (C=O) groups is 1. The van der Waals surface area contributed by atoms with Gasteiger partial charge in [-0.1, -0.05) is 25.4 Å². The molecule has 0 unspecified atom stereocenters. The Balaban J connectivity index is 2.51. The number of amides is 1. The van der Waals surface area contributed by atoms with Gasteiger partial charge in [0.05, 0.1) is 12.8 Å². The van der Waals surface area contributed by atoms with E-state index in [1.54, 1.807) is 24.3 Å². The van der Waals surface area contributed by atoms with Gasteiger partial charge in [0.15, 0.2) is 11.5 Å². The first kappa shape index (κ1) is 19.8. The predicted molar refractivity (Wildman–Crippen MR) is 104 cm³/mol. The van der Waals surface area contributed by atoms with Crippen LogP contribution >= 0.6 is 11.6 Å². The minimum atomic E-state index is -0.617. The number of methoxy groups -OCH3 is 1. The van der Waals surface area contributed by atoms with Gasteiger partial charge in [-0.2, -0.15) is 0 Å². The van der Waals surface area contributed by atoms with Gasteiger partial charge < -0.3 is 20.5 Å². The first-order valence-corrected chi connectivity index (χ1v) is 8.86. The Kier molecular flexibility index (Phi) is 6.69. The molecule has 7 heteroatoms. The number of nitrogens with two attached hydrogens (primary N) is 1. The van der Waals surface area contributed by atoms with Crippen LogP contribution in [-0.2, 0) is 0 Å². The van der Waals surface area contributed by atoms with E-state index >= 15 is 0 Å². The second kappa shape index (κ2) is 8.76. The topological polar surface area (TPSA) is 86.5 Å². The average Bonchev–Trinajstić information content (AvgIpc) is 2.60. The van der Waals surface area contributed by atoms with Crippen molar-refractivity contribution in [1.29, 1.82) is 0 Å². The van der Waals surface area contributed by atoms with Gasteiger partial charge in [-0.25, -0.2) is 4.98 Å². The number of nitrogens with zero attached hydrogens (tertiary/aromatic N) is 1. The first-order chi connectivity index (χ1) is 12.4. The highest BCUT2D eigenvalue weighted by molar-refractivity contribution is 6.30. The molecule has 6 nitrogen and oxygen atoms in total. The Hall–Kier alpha value is -2.47. The largest absolute Gasteiger partial charge is 0.493 e. The van der Waals surface area contributed by atoms with Crippen molar-refractivity contribution in [3.05, 3.63) is 40.5 Å². The van der Waals surface area contributed by atoms with E-state index in [0.717, 1.165) is 12.8 Å². The number of benzene rings is 1. The van der Waals surface area contributed by atoms with Crippen molar-refractivity contribution in [3.8, 4) is 17.4 Å². The lowest BCUT2D eigenvalue weighted by Gasteiger charge is -2.20. The number of hydrogen-bond acceptors (Lipinski definition) is 5. The molecule has 2 aromatic rings. The fourth-order valence-corrected chi connectivity index (χ4v) is 2.78. The van der Waals surface area contributed by atoms with Crippen LogP contribution in [0.15, 0.2) is 24.3 Å². The molecule has 26 heavy (non-hydrogen) atoms. The first-order valence-electron chi connectivity index (χ1n) is 8.48. The quantitative estimate of drug-likeness (QED) is 0.705. The predicted octanol–water partition coefficient (Wildman–Crippen LogP) is 4.54. The minimum absolute atomic E-state index is 0.131. The molecule has 0 saturated heterocycles. The summed E-state index contributed by atoms with van der Waals surface area (Å²) in [5.74, 6) is 0.345. The number of pyridine rings is 1. The number of nitrogens with one attached hydrogen (secondary N) is 1. The summed E-state index contributed by atoms with van der Waals surface area (Å²) >= 11 is 5.98. The van der Waals surface area contributed by atoms with Crippen LogP contribution in [-0.4, -0.2) is 24.0 Å². The number of aromatic nitrogens is 1. The van der Waals surface area contributed by atoms with Crippen molar-refractivity contribution in [2.45, 2.75) is 39.7 Å². The maximum atomic E-state index is 12.1. The van der Waals surface area contributed by atoms with Gasteiger partial charge in [0, 0.05) is 22.8 Å². The van der Waals surface area contributed by atoms with Crippen LogP contribution in [0.4, 0.5) is 5.69 Å². The molecule has 0 spiro atoms. The molecule has 1 amide bonds. The van der Waals surface area contributed by atoms with E-state index in [1.165, 1.54) is 7.11 Å². The summed E-state index contributed by atoms with van der Waals surface area (Å²) in [6.45, 7) is 5.99. The summed E-state index contributed by atoms with van der Waals surface area (Å²) in [5, 5.41) is 3.87. The lowest BCUT2D eigenvalue weighted by Crippen LogP contribution is -2.22. The number of primary amides is 1. The third-order valence-corrected chi connectivity index (χ3v) is 4.27. The highest BCUT2D eigenvalue weighted by atomic mass is 35.5. The molecule has 1 heterocycles. The Morgan fingerprint density at radius 2 is 1.96 bits per heavy atom. The molecule has 0 fully saturated rings. The Morgan fingerprint density at radius 1 is 1.27 bits per heavy atom. The second-order valence-corrected chi connectivity index (χ2v) is 6.35. The highest BCUT2D eigenvalue weighted by Crippen LogP contribution is 2.36. The number of halogens is 1. The number of carbonyl (C=O) groups excluding carboxylic acids is 1. The number of anilines is 1. The number of rotatable bonds is 8. The van der Waals surface area contributed by atoms with Crippen molar-refractivity contribution in [2.24, 2.45) is 5.73 Å². The van der Waals surface area contributed by atoms with Crippen LogP contribution in [0, 0.1) is 6.92 Å². The lowest BCUT2D eigenvalue weighted by atomic mass is 10.1. The van der Waals surface area contributed by atoms with E-state index in [-0.39, 0.29) is 17.5 Å². The summed E-state index contributed by atoms with van der Waals surface area (Å²) in [6, 6.07) is 6.96. The Morgan fingerprint density at radius 3 is 2.54 bits per heavy atom. The lowest BCUT2D eigenvalue weighted by molar-refractivity contribution is 0.0998.